The topological polar surface area (TPSA) is 89.5 Å². The fourth-order valence-corrected chi connectivity index (χ4v) is 3.99. The highest BCUT2D eigenvalue weighted by Gasteiger charge is 2.38. The molecule has 1 fully saturated rings. The number of methoxy groups -OCH3 is 1. The average Bonchev–Trinajstić information content (AvgIpc) is 3.27. The monoisotopic (exact) mass is 403 g/mol. The Morgan fingerprint density at radius 1 is 1.39 bits per heavy atom. The largest absolute Gasteiger partial charge is 0.467 e. The minimum Gasteiger partial charge on any atom is -0.467 e. The van der Waals surface area contributed by atoms with Crippen molar-refractivity contribution in [1.82, 2.24) is 5.32 Å². The number of halogens is 1. The zero-order chi connectivity index (χ0) is 17.0. The average molecular weight is 404 g/mol. The minimum absolute atomic E-state index is 0.0409. The van der Waals surface area contributed by atoms with Crippen LogP contribution in [0.3, 0.4) is 0 Å². The molecule has 126 valence electrons. The fraction of sp³-hybridized carbons (Fsp3) is 0.467. The van der Waals surface area contributed by atoms with Gasteiger partial charge >= 0.3 is 5.97 Å². The molecule has 0 heterocycles. The van der Waals surface area contributed by atoms with Gasteiger partial charge in [-0.25, -0.2) is 13.2 Å². The number of carbonyl (C=O) groups is 2. The van der Waals surface area contributed by atoms with Crippen molar-refractivity contribution in [3.63, 3.8) is 0 Å². The Hall–Kier alpha value is -1.41. The summed E-state index contributed by atoms with van der Waals surface area (Å²) in [7, 11) is -2.38. The third kappa shape index (κ3) is 5.62. The van der Waals surface area contributed by atoms with Crippen molar-refractivity contribution in [2.75, 3.05) is 12.9 Å². The first-order chi connectivity index (χ1) is 10.8. The summed E-state index contributed by atoms with van der Waals surface area (Å²) in [5, 5.41) is 2.48. The normalized spacial score (nSPS) is 15.7. The Balaban J connectivity index is 1.96. The molecule has 1 aliphatic carbocycles. The van der Waals surface area contributed by atoms with Gasteiger partial charge in [-0.1, -0.05) is 28.1 Å². The number of hydrogen-bond acceptors (Lipinski definition) is 5. The first kappa shape index (κ1) is 17.9. The van der Waals surface area contributed by atoms with Crippen LogP contribution in [0.4, 0.5) is 0 Å². The van der Waals surface area contributed by atoms with E-state index >= 15 is 0 Å². The van der Waals surface area contributed by atoms with E-state index in [9.17, 15) is 18.0 Å². The van der Waals surface area contributed by atoms with E-state index in [0.717, 1.165) is 17.3 Å². The Morgan fingerprint density at radius 2 is 2.09 bits per heavy atom. The summed E-state index contributed by atoms with van der Waals surface area (Å²) >= 11 is 3.27. The maximum absolute atomic E-state index is 12.1. The fourth-order valence-electron chi connectivity index (χ4n) is 2.27. The van der Waals surface area contributed by atoms with E-state index in [-0.39, 0.29) is 11.7 Å². The number of nitrogens with one attached hydrogen (secondary N) is 1. The number of amides is 1. The number of carbonyl (C=O) groups excluding carboxylic acids is 2. The number of benzene rings is 1. The molecule has 2 rings (SSSR count). The molecule has 1 aliphatic rings. The molecule has 1 N–H and O–H groups in total. The number of hydrogen-bond donors (Lipinski definition) is 1. The van der Waals surface area contributed by atoms with Crippen molar-refractivity contribution in [2.24, 2.45) is 5.92 Å². The second-order valence-corrected chi connectivity index (χ2v) is 8.55. The van der Waals surface area contributed by atoms with Crippen LogP contribution in [0.1, 0.15) is 18.4 Å². The third-order valence-corrected chi connectivity index (χ3v) is 5.46. The van der Waals surface area contributed by atoms with E-state index in [4.69, 9.17) is 0 Å². The summed E-state index contributed by atoms with van der Waals surface area (Å²) in [6.45, 7) is 0. The highest BCUT2D eigenvalue weighted by molar-refractivity contribution is 9.10. The maximum atomic E-state index is 12.1. The molecule has 1 saturated carbocycles. The van der Waals surface area contributed by atoms with Crippen LogP contribution in [0, 0.1) is 5.92 Å². The lowest BCUT2D eigenvalue weighted by Crippen LogP contribution is -2.45. The van der Waals surface area contributed by atoms with E-state index in [0.29, 0.717) is 5.56 Å². The highest BCUT2D eigenvalue weighted by Crippen LogP contribution is 2.33. The standard InChI is InChI=1S/C15H18BrNO5S/c1-22-15(19)14(11-5-6-11)17-13(18)9-23(20,21)8-10-3-2-4-12(16)7-10/h2-4,7,11,14H,5-6,8-9H2,1H3,(H,17,18)/t14-/m1/s1. The molecular weight excluding hydrogens is 386 g/mol. The van der Waals surface area contributed by atoms with E-state index in [1.807, 2.05) is 0 Å². The lowest BCUT2D eigenvalue weighted by Gasteiger charge is -2.15. The van der Waals surface area contributed by atoms with E-state index in [1.54, 1.807) is 24.3 Å². The molecule has 1 amide bonds. The molecule has 0 aliphatic heterocycles. The van der Waals surface area contributed by atoms with Crippen LogP contribution in [-0.4, -0.2) is 39.2 Å². The molecule has 0 bridgehead atoms. The van der Waals surface area contributed by atoms with Crippen LogP contribution < -0.4 is 5.32 Å². The molecule has 0 aromatic heterocycles. The van der Waals surface area contributed by atoms with Crippen molar-refractivity contribution in [3.05, 3.63) is 34.3 Å². The number of ether oxygens (including phenoxy) is 1. The third-order valence-electron chi connectivity index (χ3n) is 3.49. The van der Waals surface area contributed by atoms with E-state index in [2.05, 4.69) is 26.0 Å². The van der Waals surface area contributed by atoms with Crippen LogP contribution in [0.5, 0.6) is 0 Å². The Morgan fingerprint density at radius 3 is 2.65 bits per heavy atom. The summed E-state index contributed by atoms with van der Waals surface area (Å²) in [4.78, 5) is 23.6. The minimum atomic E-state index is -3.62. The van der Waals surface area contributed by atoms with E-state index in [1.165, 1.54) is 7.11 Å². The Kier molecular flexibility index (Phi) is 5.80. The molecule has 23 heavy (non-hydrogen) atoms. The first-order valence-corrected chi connectivity index (χ1v) is 9.74. The summed E-state index contributed by atoms with van der Waals surface area (Å²) in [6, 6.07) is 6.14. The van der Waals surface area contributed by atoms with Gasteiger partial charge in [-0.2, -0.15) is 0 Å². The van der Waals surface area contributed by atoms with Crippen molar-refractivity contribution < 1.29 is 22.7 Å². The van der Waals surface area contributed by atoms with Crippen LogP contribution in [-0.2, 0) is 29.9 Å². The van der Waals surface area contributed by atoms with Gasteiger partial charge in [-0.3, -0.25) is 4.79 Å². The van der Waals surface area contributed by atoms with Gasteiger partial charge in [0.15, 0.2) is 9.84 Å². The predicted octanol–water partition coefficient (Wildman–Crippen LogP) is 1.43. The summed E-state index contributed by atoms with van der Waals surface area (Å²) in [5.41, 5.74) is 0.596. The molecule has 0 unspecified atom stereocenters. The van der Waals surface area contributed by atoms with Gasteiger partial charge in [-0.05, 0) is 36.5 Å². The lowest BCUT2D eigenvalue weighted by atomic mass is 10.2. The SMILES string of the molecule is COC(=O)[C@H](NC(=O)CS(=O)(=O)Cc1cccc(Br)c1)C1CC1. The van der Waals surface area contributed by atoms with E-state index < -0.39 is 33.5 Å². The number of sulfone groups is 1. The van der Waals surface area contributed by atoms with Gasteiger partial charge in [-0.15, -0.1) is 0 Å². The van der Waals surface area contributed by atoms with Gasteiger partial charge < -0.3 is 10.1 Å². The first-order valence-electron chi connectivity index (χ1n) is 7.13. The van der Waals surface area contributed by atoms with Crippen molar-refractivity contribution in [2.45, 2.75) is 24.6 Å². The molecule has 1 atom stereocenters. The zero-order valence-electron chi connectivity index (χ0n) is 12.6. The summed E-state index contributed by atoms with van der Waals surface area (Å²) in [5.74, 6) is -2.06. The van der Waals surface area contributed by atoms with Crippen molar-refractivity contribution >= 4 is 37.6 Å². The molecule has 1 aromatic rings. The van der Waals surface area contributed by atoms with Gasteiger partial charge in [0.25, 0.3) is 0 Å². The lowest BCUT2D eigenvalue weighted by molar-refractivity contribution is -0.145. The smallest absolute Gasteiger partial charge is 0.328 e. The van der Waals surface area contributed by atoms with Crippen LogP contribution in [0.2, 0.25) is 0 Å². The van der Waals surface area contributed by atoms with Gasteiger partial charge in [0, 0.05) is 4.47 Å². The summed E-state index contributed by atoms with van der Waals surface area (Å²) in [6.07, 6.45) is 1.65. The van der Waals surface area contributed by atoms with Crippen LogP contribution in [0.15, 0.2) is 28.7 Å². The molecule has 0 radical (unpaired) electrons. The second-order valence-electron chi connectivity index (χ2n) is 5.57. The number of rotatable bonds is 7. The van der Waals surface area contributed by atoms with Crippen molar-refractivity contribution in [1.29, 1.82) is 0 Å². The predicted molar refractivity (Wildman–Crippen MR) is 88.3 cm³/mol. The molecule has 0 spiro atoms. The number of esters is 1. The molecule has 0 saturated heterocycles. The highest BCUT2D eigenvalue weighted by atomic mass is 79.9. The molecule has 8 heteroatoms. The van der Waals surface area contributed by atoms with Gasteiger partial charge in [0.1, 0.15) is 11.8 Å². The molecule has 6 nitrogen and oxygen atoms in total. The van der Waals surface area contributed by atoms with Crippen molar-refractivity contribution in [3.8, 4) is 0 Å². The van der Waals surface area contributed by atoms with Gasteiger partial charge in [0.05, 0.1) is 12.9 Å². The quantitative estimate of drug-likeness (QED) is 0.695. The summed E-state index contributed by atoms with van der Waals surface area (Å²) < 4.78 is 29.7. The Labute approximate surface area is 143 Å². The second kappa shape index (κ2) is 7.44. The van der Waals surface area contributed by atoms with Crippen LogP contribution >= 0.6 is 15.9 Å². The Bertz CT molecular complexity index is 700. The van der Waals surface area contributed by atoms with Gasteiger partial charge in [0.2, 0.25) is 5.91 Å². The zero-order valence-corrected chi connectivity index (χ0v) is 15.0. The maximum Gasteiger partial charge on any atom is 0.328 e. The van der Waals surface area contributed by atoms with Crippen LogP contribution in [0.25, 0.3) is 0 Å². The molecule has 1 aromatic carbocycles. The molecular formula is C15H18BrNO5S.